The van der Waals surface area contributed by atoms with Crippen LogP contribution in [0.2, 0.25) is 0 Å². The summed E-state index contributed by atoms with van der Waals surface area (Å²) in [5.41, 5.74) is 1.59. The average Bonchev–Trinajstić information content (AvgIpc) is 2.80. The molecule has 0 saturated heterocycles. The summed E-state index contributed by atoms with van der Waals surface area (Å²) in [6.07, 6.45) is 1.65. The van der Waals surface area contributed by atoms with Crippen LogP contribution in [-0.2, 0) is 0 Å². The van der Waals surface area contributed by atoms with Crippen LogP contribution in [0.25, 0.3) is 0 Å². The Morgan fingerprint density at radius 3 is 2.70 bits per heavy atom. The number of para-hydroxylation sites is 1. The molecular weight excluding hydrogens is 380 g/mol. The number of nitrogens with zero attached hydrogens (tertiary/aromatic N) is 3. The molecule has 1 amide bonds. The van der Waals surface area contributed by atoms with Crippen LogP contribution in [0.5, 0.6) is 11.5 Å². The van der Waals surface area contributed by atoms with E-state index in [1.54, 1.807) is 35.4 Å². The van der Waals surface area contributed by atoms with E-state index in [-0.39, 0.29) is 11.9 Å². The number of nitrogens with one attached hydrogen (secondary N) is 1. The number of hydrogen-bond acceptors (Lipinski definition) is 6. The second-order valence-corrected chi connectivity index (χ2v) is 6.89. The van der Waals surface area contributed by atoms with Gasteiger partial charge in [0.1, 0.15) is 19.0 Å². The monoisotopic (exact) mass is 404 g/mol. The maximum absolute atomic E-state index is 13.3. The van der Waals surface area contributed by atoms with Gasteiger partial charge in [-0.2, -0.15) is 4.98 Å². The van der Waals surface area contributed by atoms with Crippen molar-refractivity contribution in [3.05, 3.63) is 71.9 Å². The molecule has 0 spiro atoms. The van der Waals surface area contributed by atoms with Crippen molar-refractivity contribution in [2.24, 2.45) is 0 Å². The number of rotatable bonds is 6. The van der Waals surface area contributed by atoms with Crippen molar-refractivity contribution in [3.8, 4) is 11.5 Å². The Morgan fingerprint density at radius 2 is 1.90 bits per heavy atom. The second-order valence-electron chi connectivity index (χ2n) is 6.89. The van der Waals surface area contributed by atoms with E-state index in [2.05, 4.69) is 15.3 Å². The molecule has 7 heteroatoms. The maximum Gasteiger partial charge on any atom is 0.263 e. The number of hydrogen-bond donors (Lipinski definition) is 1. The molecule has 7 nitrogen and oxygen atoms in total. The molecule has 0 saturated carbocycles. The molecule has 1 aliphatic rings. The van der Waals surface area contributed by atoms with Gasteiger partial charge in [-0.3, -0.25) is 9.69 Å². The fraction of sp³-hybridized carbons (Fsp3) is 0.261. The molecule has 0 unspecified atom stereocenters. The van der Waals surface area contributed by atoms with Crippen LogP contribution in [0.15, 0.2) is 60.8 Å². The van der Waals surface area contributed by atoms with Crippen molar-refractivity contribution < 1.29 is 14.3 Å². The number of aromatic nitrogens is 2. The van der Waals surface area contributed by atoms with E-state index in [1.807, 2.05) is 44.2 Å². The minimum Gasteiger partial charge on any atom is -0.486 e. The van der Waals surface area contributed by atoms with E-state index >= 15 is 0 Å². The lowest BCUT2D eigenvalue weighted by Gasteiger charge is -2.25. The Balaban J connectivity index is 1.58. The van der Waals surface area contributed by atoms with Gasteiger partial charge in [0, 0.05) is 12.7 Å². The van der Waals surface area contributed by atoms with E-state index in [0.717, 1.165) is 5.56 Å². The number of ether oxygens (including phenoxy) is 2. The van der Waals surface area contributed by atoms with Gasteiger partial charge in [-0.15, -0.1) is 0 Å². The Morgan fingerprint density at radius 1 is 1.10 bits per heavy atom. The van der Waals surface area contributed by atoms with Gasteiger partial charge in [0.15, 0.2) is 11.5 Å². The van der Waals surface area contributed by atoms with Gasteiger partial charge < -0.3 is 14.8 Å². The summed E-state index contributed by atoms with van der Waals surface area (Å²) in [6.45, 7) is 5.30. The first-order valence-electron chi connectivity index (χ1n) is 10.0. The van der Waals surface area contributed by atoms with Gasteiger partial charge in [-0.25, -0.2) is 4.98 Å². The number of anilines is 2. The summed E-state index contributed by atoms with van der Waals surface area (Å²) in [4.78, 5) is 23.8. The van der Waals surface area contributed by atoms with Crippen molar-refractivity contribution >= 4 is 17.7 Å². The van der Waals surface area contributed by atoms with Gasteiger partial charge in [0.25, 0.3) is 5.91 Å². The average molecular weight is 404 g/mol. The lowest BCUT2D eigenvalue weighted by Crippen LogP contribution is -2.32. The van der Waals surface area contributed by atoms with E-state index < -0.39 is 0 Å². The summed E-state index contributed by atoms with van der Waals surface area (Å²) in [5.74, 6) is 1.86. The summed E-state index contributed by atoms with van der Waals surface area (Å²) >= 11 is 0. The SMILES string of the molecule is CCN(C(=O)c1cccc2c1OCCO2)c1ccnc(N[C@H](C)c2ccccc2)n1. The third-order valence-corrected chi connectivity index (χ3v) is 4.92. The number of fused-ring (bicyclic) bond motifs is 1. The third-order valence-electron chi connectivity index (χ3n) is 4.92. The van der Waals surface area contributed by atoms with Crippen molar-refractivity contribution in [3.63, 3.8) is 0 Å². The van der Waals surface area contributed by atoms with Crippen LogP contribution < -0.4 is 19.7 Å². The molecule has 154 valence electrons. The first-order chi connectivity index (χ1) is 14.7. The van der Waals surface area contributed by atoms with Crippen LogP contribution in [0.1, 0.15) is 35.8 Å². The minimum absolute atomic E-state index is 0.0268. The summed E-state index contributed by atoms with van der Waals surface area (Å²) in [5, 5.41) is 3.30. The van der Waals surface area contributed by atoms with Gasteiger partial charge in [0.05, 0.1) is 11.6 Å². The van der Waals surface area contributed by atoms with Crippen molar-refractivity contribution in [2.45, 2.75) is 19.9 Å². The Kier molecular flexibility index (Phi) is 5.79. The Labute approximate surface area is 175 Å². The van der Waals surface area contributed by atoms with Crippen LogP contribution in [0.3, 0.4) is 0 Å². The molecular formula is C23H24N4O3. The second kappa shape index (κ2) is 8.82. The topological polar surface area (TPSA) is 76.6 Å². The molecule has 3 aromatic rings. The molecule has 0 fully saturated rings. The highest BCUT2D eigenvalue weighted by atomic mass is 16.6. The zero-order chi connectivity index (χ0) is 20.9. The van der Waals surface area contributed by atoms with E-state index in [1.165, 1.54) is 0 Å². The molecule has 1 atom stereocenters. The smallest absolute Gasteiger partial charge is 0.263 e. The number of carbonyl (C=O) groups is 1. The van der Waals surface area contributed by atoms with Gasteiger partial charge in [0.2, 0.25) is 5.95 Å². The number of carbonyl (C=O) groups excluding carboxylic acids is 1. The van der Waals surface area contributed by atoms with Crippen molar-refractivity contribution in [2.75, 3.05) is 30.0 Å². The van der Waals surface area contributed by atoms with E-state index in [9.17, 15) is 4.79 Å². The predicted octanol–water partition coefficient (Wildman–Crippen LogP) is 4.09. The molecule has 0 aliphatic carbocycles. The van der Waals surface area contributed by atoms with Crippen molar-refractivity contribution in [1.82, 2.24) is 9.97 Å². The fourth-order valence-corrected chi connectivity index (χ4v) is 3.38. The first kappa shape index (κ1) is 19.7. The standard InChI is InChI=1S/C23H24N4O3/c1-3-27(22(28)18-10-7-11-19-21(18)30-15-14-29-19)20-12-13-24-23(26-20)25-16(2)17-8-5-4-6-9-17/h4-13,16H,3,14-15H2,1-2H3,(H,24,25,26)/t16-/m1/s1. The highest BCUT2D eigenvalue weighted by Gasteiger charge is 2.25. The van der Waals surface area contributed by atoms with Gasteiger partial charge in [-0.1, -0.05) is 36.4 Å². The number of benzene rings is 2. The lowest BCUT2D eigenvalue weighted by molar-refractivity contribution is 0.0976. The van der Waals surface area contributed by atoms with Crippen LogP contribution in [0, 0.1) is 0 Å². The first-order valence-corrected chi connectivity index (χ1v) is 10.0. The van der Waals surface area contributed by atoms with Crippen LogP contribution in [0.4, 0.5) is 11.8 Å². The van der Waals surface area contributed by atoms with Gasteiger partial charge in [-0.05, 0) is 37.6 Å². The largest absolute Gasteiger partial charge is 0.486 e. The lowest BCUT2D eigenvalue weighted by atomic mass is 10.1. The van der Waals surface area contributed by atoms with E-state index in [4.69, 9.17) is 9.47 Å². The third kappa shape index (κ3) is 4.05. The highest BCUT2D eigenvalue weighted by molar-refractivity contribution is 6.08. The fourth-order valence-electron chi connectivity index (χ4n) is 3.38. The Hall–Kier alpha value is -3.61. The molecule has 4 rings (SSSR count). The molecule has 30 heavy (non-hydrogen) atoms. The number of amides is 1. The normalized spacial score (nSPS) is 13.4. The van der Waals surface area contributed by atoms with Crippen LogP contribution in [-0.4, -0.2) is 35.6 Å². The van der Waals surface area contributed by atoms with E-state index in [0.29, 0.717) is 48.6 Å². The minimum atomic E-state index is -0.194. The highest BCUT2D eigenvalue weighted by Crippen LogP contribution is 2.34. The predicted molar refractivity (Wildman–Crippen MR) is 115 cm³/mol. The van der Waals surface area contributed by atoms with Crippen LogP contribution >= 0.6 is 0 Å². The summed E-state index contributed by atoms with van der Waals surface area (Å²) in [7, 11) is 0. The zero-order valence-electron chi connectivity index (χ0n) is 17.0. The summed E-state index contributed by atoms with van der Waals surface area (Å²) < 4.78 is 11.3. The Bertz CT molecular complexity index is 1030. The molecule has 2 aromatic carbocycles. The molecule has 2 heterocycles. The molecule has 1 aromatic heterocycles. The quantitative estimate of drug-likeness (QED) is 0.667. The zero-order valence-corrected chi connectivity index (χ0v) is 17.0. The molecule has 1 N–H and O–H groups in total. The molecule has 0 radical (unpaired) electrons. The van der Waals surface area contributed by atoms with Crippen molar-refractivity contribution in [1.29, 1.82) is 0 Å². The maximum atomic E-state index is 13.3. The molecule has 1 aliphatic heterocycles. The molecule has 0 bridgehead atoms. The summed E-state index contributed by atoms with van der Waals surface area (Å²) in [6, 6.07) is 17.2. The van der Waals surface area contributed by atoms with Gasteiger partial charge >= 0.3 is 0 Å².